The molecule has 2 N–H and O–H groups in total. The van der Waals surface area contributed by atoms with Crippen LogP contribution in [0, 0.1) is 6.92 Å². The van der Waals surface area contributed by atoms with Crippen LogP contribution in [0.3, 0.4) is 0 Å². The Hall–Kier alpha value is -2.29. The summed E-state index contributed by atoms with van der Waals surface area (Å²) >= 11 is 0. The molecule has 0 radical (unpaired) electrons. The second-order valence-electron chi connectivity index (χ2n) is 3.75. The van der Waals surface area contributed by atoms with Crippen molar-refractivity contribution < 1.29 is 4.79 Å². The Labute approximate surface area is 100 Å². The standard InChI is InChI=1S/C14H14N2O/c1-11-6-5-9-13(14(11)15-10-17)16-12-7-3-2-4-8-12/h2-10,16H,1H3,(H,15,17). The highest BCUT2D eigenvalue weighted by molar-refractivity contribution is 5.85. The number of aryl methyl sites for hydroxylation is 1. The largest absolute Gasteiger partial charge is 0.354 e. The lowest BCUT2D eigenvalue weighted by Gasteiger charge is -2.13. The third-order valence-electron chi connectivity index (χ3n) is 2.53. The van der Waals surface area contributed by atoms with Gasteiger partial charge in [0, 0.05) is 5.69 Å². The van der Waals surface area contributed by atoms with Gasteiger partial charge in [-0.1, -0.05) is 30.3 Å². The van der Waals surface area contributed by atoms with E-state index in [4.69, 9.17) is 0 Å². The Bertz CT molecular complexity index is 509. The number of carbonyl (C=O) groups excluding carboxylic acids is 1. The Morgan fingerprint density at radius 1 is 1.00 bits per heavy atom. The van der Waals surface area contributed by atoms with Crippen LogP contribution in [0.2, 0.25) is 0 Å². The minimum Gasteiger partial charge on any atom is -0.354 e. The van der Waals surface area contributed by atoms with E-state index in [-0.39, 0.29) is 0 Å². The van der Waals surface area contributed by atoms with Crippen molar-refractivity contribution in [3.63, 3.8) is 0 Å². The summed E-state index contributed by atoms with van der Waals surface area (Å²) in [7, 11) is 0. The molecule has 86 valence electrons. The molecule has 0 aliphatic heterocycles. The molecule has 1 amide bonds. The first kappa shape index (κ1) is 11.2. The molecule has 0 aliphatic carbocycles. The molecule has 0 aliphatic rings. The molecule has 3 heteroatoms. The number of benzene rings is 2. The van der Waals surface area contributed by atoms with Crippen LogP contribution in [-0.2, 0) is 4.79 Å². The zero-order valence-corrected chi connectivity index (χ0v) is 9.60. The van der Waals surface area contributed by atoms with Gasteiger partial charge in [0.25, 0.3) is 0 Å². The van der Waals surface area contributed by atoms with Gasteiger partial charge in [0.1, 0.15) is 0 Å². The van der Waals surface area contributed by atoms with Crippen LogP contribution in [0.4, 0.5) is 17.1 Å². The normalized spacial score (nSPS) is 9.71. The highest BCUT2D eigenvalue weighted by atomic mass is 16.1. The number of hydrogen-bond acceptors (Lipinski definition) is 2. The Morgan fingerprint density at radius 2 is 1.76 bits per heavy atom. The van der Waals surface area contributed by atoms with E-state index < -0.39 is 0 Å². The van der Waals surface area contributed by atoms with Crippen molar-refractivity contribution in [2.24, 2.45) is 0 Å². The molecule has 0 unspecified atom stereocenters. The summed E-state index contributed by atoms with van der Waals surface area (Å²) < 4.78 is 0. The molecule has 2 rings (SSSR count). The highest BCUT2D eigenvalue weighted by Crippen LogP contribution is 2.27. The van der Waals surface area contributed by atoms with E-state index in [0.29, 0.717) is 6.41 Å². The summed E-state index contributed by atoms with van der Waals surface area (Å²) in [4.78, 5) is 10.6. The number of rotatable bonds is 4. The van der Waals surface area contributed by atoms with Crippen molar-refractivity contribution in [2.45, 2.75) is 6.92 Å². The molecule has 0 atom stereocenters. The highest BCUT2D eigenvalue weighted by Gasteiger charge is 2.04. The van der Waals surface area contributed by atoms with Gasteiger partial charge in [-0.05, 0) is 30.7 Å². The number of anilines is 3. The minimum atomic E-state index is 0.693. The van der Waals surface area contributed by atoms with Crippen molar-refractivity contribution in [3.8, 4) is 0 Å². The van der Waals surface area contributed by atoms with Crippen LogP contribution in [-0.4, -0.2) is 6.41 Å². The molecular weight excluding hydrogens is 212 g/mol. The Balaban J connectivity index is 2.32. The third kappa shape index (κ3) is 2.64. The maximum Gasteiger partial charge on any atom is 0.211 e. The predicted molar refractivity (Wildman–Crippen MR) is 70.6 cm³/mol. The van der Waals surface area contributed by atoms with E-state index in [0.717, 1.165) is 22.6 Å². The van der Waals surface area contributed by atoms with E-state index in [1.165, 1.54) is 0 Å². The first-order valence-corrected chi connectivity index (χ1v) is 5.43. The van der Waals surface area contributed by atoms with Crippen molar-refractivity contribution in [1.29, 1.82) is 0 Å². The monoisotopic (exact) mass is 226 g/mol. The van der Waals surface area contributed by atoms with Gasteiger partial charge in [-0.3, -0.25) is 4.79 Å². The topological polar surface area (TPSA) is 41.1 Å². The van der Waals surface area contributed by atoms with Crippen LogP contribution in [0.5, 0.6) is 0 Å². The van der Waals surface area contributed by atoms with Crippen LogP contribution < -0.4 is 10.6 Å². The van der Waals surface area contributed by atoms with Gasteiger partial charge in [0.2, 0.25) is 6.41 Å². The maximum atomic E-state index is 10.6. The number of carbonyl (C=O) groups is 1. The van der Waals surface area contributed by atoms with Gasteiger partial charge in [-0.25, -0.2) is 0 Å². The van der Waals surface area contributed by atoms with E-state index in [1.807, 2.05) is 55.5 Å². The van der Waals surface area contributed by atoms with Crippen LogP contribution in [0.25, 0.3) is 0 Å². The second kappa shape index (κ2) is 5.16. The number of hydrogen-bond donors (Lipinski definition) is 2. The van der Waals surface area contributed by atoms with Crippen LogP contribution >= 0.6 is 0 Å². The fraction of sp³-hybridized carbons (Fsp3) is 0.0714. The fourth-order valence-electron chi connectivity index (χ4n) is 1.70. The second-order valence-corrected chi connectivity index (χ2v) is 3.75. The summed E-state index contributed by atoms with van der Waals surface area (Å²) in [5.74, 6) is 0. The lowest BCUT2D eigenvalue weighted by atomic mass is 10.1. The molecule has 0 saturated heterocycles. The molecule has 2 aromatic carbocycles. The summed E-state index contributed by atoms with van der Waals surface area (Å²) in [6.07, 6.45) is 0.693. The quantitative estimate of drug-likeness (QED) is 0.785. The molecule has 3 nitrogen and oxygen atoms in total. The summed E-state index contributed by atoms with van der Waals surface area (Å²) in [6, 6.07) is 15.7. The summed E-state index contributed by atoms with van der Waals surface area (Å²) in [6.45, 7) is 1.96. The first-order chi connectivity index (χ1) is 8.31. The van der Waals surface area contributed by atoms with Crippen molar-refractivity contribution in [1.82, 2.24) is 0 Å². The average Bonchev–Trinajstić information content (AvgIpc) is 2.35. The number of para-hydroxylation sites is 2. The zero-order chi connectivity index (χ0) is 12.1. The molecular formula is C14H14N2O. The molecule has 2 aromatic rings. The molecule has 0 fully saturated rings. The molecule has 0 aromatic heterocycles. The lowest BCUT2D eigenvalue weighted by molar-refractivity contribution is -0.105. The van der Waals surface area contributed by atoms with E-state index in [9.17, 15) is 4.79 Å². The molecule has 0 bridgehead atoms. The zero-order valence-electron chi connectivity index (χ0n) is 9.60. The molecule has 0 heterocycles. The number of amides is 1. The lowest BCUT2D eigenvalue weighted by Crippen LogP contribution is -2.01. The fourth-order valence-corrected chi connectivity index (χ4v) is 1.70. The Morgan fingerprint density at radius 3 is 2.47 bits per heavy atom. The molecule has 0 spiro atoms. The van der Waals surface area contributed by atoms with E-state index in [2.05, 4.69) is 10.6 Å². The van der Waals surface area contributed by atoms with Gasteiger partial charge < -0.3 is 10.6 Å². The van der Waals surface area contributed by atoms with Crippen molar-refractivity contribution >= 4 is 23.5 Å². The van der Waals surface area contributed by atoms with Gasteiger partial charge in [0.15, 0.2) is 0 Å². The Kier molecular flexibility index (Phi) is 3.40. The predicted octanol–water partition coefficient (Wildman–Crippen LogP) is 3.31. The SMILES string of the molecule is Cc1cccc(Nc2ccccc2)c1NC=O. The summed E-state index contributed by atoms with van der Waals surface area (Å²) in [5, 5.41) is 6.00. The molecule has 17 heavy (non-hydrogen) atoms. The maximum absolute atomic E-state index is 10.6. The third-order valence-corrected chi connectivity index (χ3v) is 2.53. The van der Waals surface area contributed by atoms with Crippen LogP contribution in [0.1, 0.15) is 5.56 Å². The van der Waals surface area contributed by atoms with Gasteiger partial charge in [-0.15, -0.1) is 0 Å². The summed E-state index contributed by atoms with van der Waals surface area (Å²) in [5.41, 5.74) is 3.72. The number of nitrogens with one attached hydrogen (secondary N) is 2. The minimum absolute atomic E-state index is 0.693. The van der Waals surface area contributed by atoms with Crippen LogP contribution in [0.15, 0.2) is 48.5 Å². The average molecular weight is 226 g/mol. The smallest absolute Gasteiger partial charge is 0.211 e. The van der Waals surface area contributed by atoms with Gasteiger partial charge in [-0.2, -0.15) is 0 Å². The first-order valence-electron chi connectivity index (χ1n) is 5.43. The van der Waals surface area contributed by atoms with E-state index in [1.54, 1.807) is 0 Å². The van der Waals surface area contributed by atoms with Crippen molar-refractivity contribution in [3.05, 3.63) is 54.1 Å². The van der Waals surface area contributed by atoms with Gasteiger partial charge in [0.05, 0.1) is 11.4 Å². The van der Waals surface area contributed by atoms with E-state index >= 15 is 0 Å². The van der Waals surface area contributed by atoms with Gasteiger partial charge >= 0.3 is 0 Å². The van der Waals surface area contributed by atoms with Crippen molar-refractivity contribution in [2.75, 3.05) is 10.6 Å². The molecule has 0 saturated carbocycles.